The van der Waals surface area contributed by atoms with Gasteiger partial charge in [-0.2, -0.15) is 0 Å². The molecule has 0 aromatic carbocycles. The van der Waals surface area contributed by atoms with Gasteiger partial charge in [0.25, 0.3) is 0 Å². The van der Waals surface area contributed by atoms with Gasteiger partial charge in [0.1, 0.15) is 0 Å². The molecular weight excluding hydrogens is 237 g/mol. The molecule has 1 aromatic rings. The Bertz CT molecular complexity index is 238. The van der Waals surface area contributed by atoms with E-state index < -0.39 is 0 Å². The zero-order chi connectivity index (χ0) is 9.30. The fraction of sp³-hybridized carbons (Fsp3) is 0.700. The summed E-state index contributed by atoms with van der Waals surface area (Å²) in [5.74, 6) is 1.88. The van der Waals surface area contributed by atoms with Gasteiger partial charge in [0.05, 0.1) is 0 Å². The van der Waals surface area contributed by atoms with Crippen LogP contribution in [0.4, 0.5) is 0 Å². The number of hydrogen-bond acceptors (Lipinski definition) is 1. The molecule has 0 aliphatic rings. The van der Waals surface area contributed by atoms with E-state index in [1.54, 1.807) is 0 Å². The Morgan fingerprint density at radius 3 is 1.92 bits per heavy atom. The Hall–Kier alpha value is 0.314. The maximum Gasteiger partial charge on any atom is 0 e. The molecule has 1 rings (SSSR count). The van der Waals surface area contributed by atoms with Gasteiger partial charge < -0.3 is 9.97 Å². The minimum absolute atomic E-state index is 0. The van der Waals surface area contributed by atoms with Gasteiger partial charge in [-0.25, -0.2) is 0 Å². The molecule has 0 aliphatic carbocycles. The molecule has 71 valence electrons. The van der Waals surface area contributed by atoms with Gasteiger partial charge >= 0.3 is 0 Å². The van der Waals surface area contributed by atoms with Gasteiger partial charge in [-0.15, -0.1) is 0 Å². The van der Waals surface area contributed by atoms with Crippen LogP contribution in [0.2, 0.25) is 0 Å². The quantitative estimate of drug-likeness (QED) is 0.811. The fourth-order valence-electron chi connectivity index (χ4n) is 1.34. The van der Waals surface area contributed by atoms with E-state index in [-0.39, 0.29) is 32.7 Å². The summed E-state index contributed by atoms with van der Waals surface area (Å²) in [6, 6.07) is 0. The van der Waals surface area contributed by atoms with E-state index in [2.05, 4.69) is 37.7 Å². The minimum Gasteiger partial charge on any atom is -0.443 e. The molecule has 0 spiro atoms. The van der Waals surface area contributed by atoms with Gasteiger partial charge in [0, 0.05) is 32.7 Å². The number of imidazole rings is 1. The third-order valence-electron chi connectivity index (χ3n) is 1.92. The summed E-state index contributed by atoms with van der Waals surface area (Å²) >= 11 is 0. The second-order valence-corrected chi connectivity index (χ2v) is 3.85. The summed E-state index contributed by atoms with van der Waals surface area (Å²) in [5, 5.41) is 0. The Balaban J connectivity index is 0.00000144. The van der Waals surface area contributed by atoms with E-state index in [0.717, 1.165) is 5.82 Å². The third-order valence-corrected chi connectivity index (χ3v) is 1.92. The smallest absolute Gasteiger partial charge is 0 e. The van der Waals surface area contributed by atoms with Crippen LogP contribution in [0, 0.1) is 6.92 Å². The van der Waals surface area contributed by atoms with Crippen molar-refractivity contribution in [2.75, 3.05) is 0 Å². The van der Waals surface area contributed by atoms with Crippen LogP contribution in [0.1, 0.15) is 56.7 Å². The van der Waals surface area contributed by atoms with Crippen molar-refractivity contribution < 1.29 is 32.7 Å². The zero-order valence-corrected chi connectivity index (χ0v) is 12.0. The number of rotatable bonds is 2. The SMILES string of the molecule is Cc1nc(C(C)C)c(C(C)C)[n-]1.[Y]. The molecule has 1 radical (unpaired) electrons. The van der Waals surface area contributed by atoms with Crippen molar-refractivity contribution in [3.8, 4) is 0 Å². The summed E-state index contributed by atoms with van der Waals surface area (Å²) in [7, 11) is 0. The monoisotopic (exact) mass is 254 g/mol. The summed E-state index contributed by atoms with van der Waals surface area (Å²) in [6.45, 7) is 10.6. The maximum absolute atomic E-state index is 4.42. The maximum atomic E-state index is 4.42. The van der Waals surface area contributed by atoms with Gasteiger partial charge in [0.15, 0.2) is 0 Å². The van der Waals surface area contributed by atoms with Crippen LogP contribution in [0.3, 0.4) is 0 Å². The van der Waals surface area contributed by atoms with Crippen LogP contribution in [0.5, 0.6) is 0 Å². The predicted octanol–water partition coefficient (Wildman–Crippen LogP) is 2.59. The summed E-state index contributed by atoms with van der Waals surface area (Å²) in [4.78, 5) is 8.84. The van der Waals surface area contributed by atoms with E-state index in [0.29, 0.717) is 11.8 Å². The first kappa shape index (κ1) is 13.3. The molecule has 0 saturated heterocycles. The van der Waals surface area contributed by atoms with Crippen molar-refractivity contribution >= 4 is 0 Å². The first-order valence-electron chi connectivity index (χ1n) is 4.53. The van der Waals surface area contributed by atoms with Crippen molar-refractivity contribution in [2.45, 2.75) is 46.5 Å². The van der Waals surface area contributed by atoms with Crippen molar-refractivity contribution in [1.82, 2.24) is 9.97 Å². The minimum atomic E-state index is 0. The molecule has 13 heavy (non-hydrogen) atoms. The van der Waals surface area contributed by atoms with E-state index in [1.807, 2.05) is 6.92 Å². The van der Waals surface area contributed by atoms with Crippen molar-refractivity contribution in [2.24, 2.45) is 0 Å². The Labute approximate surface area is 106 Å². The van der Waals surface area contributed by atoms with Crippen LogP contribution in [-0.4, -0.2) is 4.98 Å². The molecule has 0 fully saturated rings. The van der Waals surface area contributed by atoms with Crippen molar-refractivity contribution in [3.63, 3.8) is 0 Å². The molecule has 0 aliphatic heterocycles. The Morgan fingerprint density at radius 2 is 1.62 bits per heavy atom. The van der Waals surface area contributed by atoms with Crippen LogP contribution in [0.25, 0.3) is 0 Å². The van der Waals surface area contributed by atoms with Crippen molar-refractivity contribution in [1.29, 1.82) is 0 Å². The predicted molar refractivity (Wildman–Crippen MR) is 50.5 cm³/mol. The summed E-state index contributed by atoms with van der Waals surface area (Å²) in [5.41, 5.74) is 2.34. The molecule has 3 heteroatoms. The van der Waals surface area contributed by atoms with E-state index >= 15 is 0 Å². The average Bonchev–Trinajstić information content (AvgIpc) is 2.31. The second-order valence-electron chi connectivity index (χ2n) is 3.85. The van der Waals surface area contributed by atoms with Gasteiger partial charge in [-0.05, 0) is 18.8 Å². The van der Waals surface area contributed by atoms with Gasteiger partial charge in [-0.1, -0.05) is 44.9 Å². The molecular formula is C10H17N2Y-. The molecule has 2 nitrogen and oxygen atoms in total. The standard InChI is InChI=1S/C10H17N2.Y/c1-6(2)9-10(7(3)4)12-8(5)11-9;/h6-7H,1-5H3;/q-1;. The van der Waals surface area contributed by atoms with E-state index in [9.17, 15) is 0 Å². The average molecular weight is 254 g/mol. The Kier molecular flexibility index (Phi) is 5.39. The fourth-order valence-corrected chi connectivity index (χ4v) is 1.34. The normalized spacial score (nSPS) is 10.7. The third kappa shape index (κ3) is 3.17. The number of aromatic nitrogens is 2. The second kappa shape index (κ2) is 5.26. The Morgan fingerprint density at radius 1 is 1.08 bits per heavy atom. The first-order chi connectivity index (χ1) is 5.52. The van der Waals surface area contributed by atoms with E-state index in [1.165, 1.54) is 11.4 Å². The van der Waals surface area contributed by atoms with Crippen molar-refractivity contribution in [3.05, 3.63) is 17.2 Å². The zero-order valence-electron chi connectivity index (χ0n) is 9.13. The molecule has 0 amide bonds. The van der Waals surface area contributed by atoms with Crippen LogP contribution < -0.4 is 4.98 Å². The summed E-state index contributed by atoms with van der Waals surface area (Å²) < 4.78 is 0. The number of aryl methyl sites for hydroxylation is 1. The molecule has 0 saturated carbocycles. The van der Waals surface area contributed by atoms with Gasteiger partial charge in [0.2, 0.25) is 0 Å². The topological polar surface area (TPSA) is 27.0 Å². The molecule has 1 aromatic heterocycles. The number of nitrogens with zero attached hydrogens (tertiary/aromatic N) is 2. The molecule has 0 unspecified atom stereocenters. The van der Waals surface area contributed by atoms with E-state index in [4.69, 9.17) is 0 Å². The summed E-state index contributed by atoms with van der Waals surface area (Å²) in [6.07, 6.45) is 0. The van der Waals surface area contributed by atoms with Gasteiger partial charge in [-0.3, -0.25) is 0 Å². The van der Waals surface area contributed by atoms with Crippen LogP contribution >= 0.6 is 0 Å². The van der Waals surface area contributed by atoms with Crippen LogP contribution in [0.15, 0.2) is 0 Å². The molecule has 0 atom stereocenters. The molecule has 0 bridgehead atoms. The largest absolute Gasteiger partial charge is 0.443 e. The van der Waals surface area contributed by atoms with Crippen LogP contribution in [-0.2, 0) is 32.7 Å². The number of hydrogen-bond donors (Lipinski definition) is 0. The molecule has 1 heterocycles. The molecule has 0 N–H and O–H groups in total. The first-order valence-corrected chi connectivity index (χ1v) is 4.53.